The highest BCUT2D eigenvalue weighted by Gasteiger charge is 2.31. The first kappa shape index (κ1) is 17.4. The van der Waals surface area contributed by atoms with E-state index in [9.17, 15) is 13.5 Å². The van der Waals surface area contributed by atoms with Gasteiger partial charge in [-0.25, -0.2) is 0 Å². The molecule has 1 aromatic carbocycles. The van der Waals surface area contributed by atoms with Crippen molar-refractivity contribution in [2.75, 3.05) is 6.26 Å². The predicted octanol–water partition coefficient (Wildman–Crippen LogP) is 3.78. The number of nitrogens with zero attached hydrogens (tertiary/aromatic N) is 1. The van der Waals surface area contributed by atoms with Crippen LogP contribution in [0, 0.1) is 6.92 Å². The van der Waals surface area contributed by atoms with Crippen molar-refractivity contribution in [2.24, 2.45) is 0 Å². The van der Waals surface area contributed by atoms with E-state index in [0.29, 0.717) is 18.5 Å². The average Bonchev–Trinajstić information content (AvgIpc) is 3.03. The number of benzene rings is 1. The zero-order valence-corrected chi connectivity index (χ0v) is 16.3. The van der Waals surface area contributed by atoms with Gasteiger partial charge < -0.3 is 13.9 Å². The van der Waals surface area contributed by atoms with Gasteiger partial charge in [0.2, 0.25) is 5.88 Å². The minimum absolute atomic E-state index is 0.0698. The molecule has 3 rings (SSSR count). The van der Waals surface area contributed by atoms with Crippen LogP contribution >= 0.6 is 15.9 Å². The van der Waals surface area contributed by atoms with E-state index in [4.69, 9.17) is 4.18 Å². The molecule has 1 N–H and O–H groups in total. The Kier molecular flexibility index (Phi) is 4.42. The summed E-state index contributed by atoms with van der Waals surface area (Å²) in [5.74, 6) is 0.326. The molecule has 1 aromatic heterocycles. The summed E-state index contributed by atoms with van der Waals surface area (Å²) in [6, 6.07) is 4.01. The van der Waals surface area contributed by atoms with Crippen molar-refractivity contribution in [2.45, 2.75) is 39.7 Å². The van der Waals surface area contributed by atoms with Crippen LogP contribution < -0.4 is 4.18 Å². The van der Waals surface area contributed by atoms with Crippen LogP contribution in [0.1, 0.15) is 30.2 Å². The number of halogens is 1. The van der Waals surface area contributed by atoms with Crippen LogP contribution in [0.15, 0.2) is 16.6 Å². The minimum atomic E-state index is -3.70. The lowest BCUT2D eigenvalue weighted by atomic mass is 9.96. The highest BCUT2D eigenvalue weighted by Crippen LogP contribution is 2.49. The summed E-state index contributed by atoms with van der Waals surface area (Å²) in [4.78, 5) is 0. The third kappa shape index (κ3) is 2.95. The van der Waals surface area contributed by atoms with Gasteiger partial charge >= 0.3 is 10.1 Å². The van der Waals surface area contributed by atoms with Crippen LogP contribution in [0.2, 0.25) is 0 Å². The first-order valence-corrected chi connectivity index (χ1v) is 10.5. The summed E-state index contributed by atoms with van der Waals surface area (Å²) in [5.41, 5.74) is 4.11. The first-order valence-electron chi connectivity index (χ1n) is 7.86. The lowest BCUT2D eigenvalue weighted by Gasteiger charge is -2.14. The Labute approximate surface area is 150 Å². The van der Waals surface area contributed by atoms with Crippen molar-refractivity contribution < 1.29 is 17.7 Å². The second-order valence-corrected chi connectivity index (χ2v) is 8.58. The molecule has 0 aliphatic carbocycles. The molecule has 0 spiro atoms. The topological polar surface area (TPSA) is 68.5 Å². The van der Waals surface area contributed by atoms with Gasteiger partial charge in [-0.3, -0.25) is 0 Å². The summed E-state index contributed by atoms with van der Waals surface area (Å²) in [6.45, 7) is 4.69. The van der Waals surface area contributed by atoms with Gasteiger partial charge in [-0.05, 0) is 43.4 Å². The molecule has 130 valence electrons. The number of hydrogen-bond donors (Lipinski definition) is 1. The fourth-order valence-corrected chi connectivity index (χ4v) is 4.66. The SMILES string of the molecule is CCc1cc(C)cc(Br)c1-c1c(OS(C)(=O)=O)c2n(c1O)CCC2. The van der Waals surface area contributed by atoms with Crippen molar-refractivity contribution in [3.05, 3.63) is 33.4 Å². The Morgan fingerprint density at radius 3 is 2.67 bits per heavy atom. The molecule has 1 aliphatic rings. The lowest BCUT2D eigenvalue weighted by molar-refractivity contribution is 0.424. The molecule has 0 amide bonds. The van der Waals surface area contributed by atoms with Gasteiger partial charge in [-0.1, -0.05) is 28.9 Å². The van der Waals surface area contributed by atoms with Crippen LogP contribution in [0.5, 0.6) is 11.6 Å². The van der Waals surface area contributed by atoms with Crippen LogP contribution in [-0.4, -0.2) is 24.3 Å². The van der Waals surface area contributed by atoms with Crippen molar-refractivity contribution in [1.29, 1.82) is 0 Å². The number of aromatic hydroxyl groups is 1. The molecule has 0 saturated carbocycles. The van der Waals surface area contributed by atoms with Crippen molar-refractivity contribution in [3.8, 4) is 22.8 Å². The molecule has 0 atom stereocenters. The van der Waals surface area contributed by atoms with Crippen LogP contribution in [0.3, 0.4) is 0 Å². The van der Waals surface area contributed by atoms with Crippen molar-refractivity contribution >= 4 is 26.0 Å². The smallest absolute Gasteiger partial charge is 0.306 e. The molecule has 0 bridgehead atoms. The molecule has 5 nitrogen and oxygen atoms in total. The highest BCUT2D eigenvalue weighted by atomic mass is 79.9. The predicted molar refractivity (Wildman–Crippen MR) is 97.1 cm³/mol. The van der Waals surface area contributed by atoms with E-state index in [1.807, 2.05) is 26.0 Å². The number of hydrogen-bond acceptors (Lipinski definition) is 4. The monoisotopic (exact) mass is 413 g/mol. The number of fused-ring (bicyclic) bond motifs is 1. The van der Waals surface area contributed by atoms with E-state index >= 15 is 0 Å². The number of aryl methyl sites for hydroxylation is 2. The number of aromatic nitrogens is 1. The Bertz CT molecular complexity index is 915. The highest BCUT2D eigenvalue weighted by molar-refractivity contribution is 9.10. The molecular weight excluding hydrogens is 394 g/mol. The molecular formula is C17H20BrNO4S. The Balaban J connectivity index is 2.34. The van der Waals surface area contributed by atoms with E-state index in [1.54, 1.807) is 4.57 Å². The maximum atomic E-state index is 11.8. The second-order valence-electron chi connectivity index (χ2n) is 6.15. The molecule has 7 heteroatoms. The summed E-state index contributed by atoms with van der Waals surface area (Å²) < 4.78 is 31.4. The third-order valence-electron chi connectivity index (χ3n) is 4.27. The normalized spacial score (nSPS) is 14.0. The molecule has 2 aromatic rings. The van der Waals surface area contributed by atoms with Crippen LogP contribution in [0.25, 0.3) is 11.1 Å². The zero-order valence-electron chi connectivity index (χ0n) is 13.9. The van der Waals surface area contributed by atoms with Gasteiger partial charge in [0.05, 0.1) is 17.5 Å². The standard InChI is InChI=1S/C17H20BrNO4S/c1-4-11-8-10(2)9-12(18)14(11)15-16(23-24(3,21)22)13-6-5-7-19(13)17(15)20/h8-9,20H,4-7H2,1-3H3. The van der Waals surface area contributed by atoms with Gasteiger partial charge in [0.1, 0.15) is 0 Å². The number of rotatable bonds is 4. The minimum Gasteiger partial charge on any atom is -0.494 e. The van der Waals surface area contributed by atoms with Crippen molar-refractivity contribution in [1.82, 2.24) is 4.57 Å². The summed E-state index contributed by atoms with van der Waals surface area (Å²) in [5, 5.41) is 10.8. The first-order chi connectivity index (χ1) is 11.2. The van der Waals surface area contributed by atoms with Crippen LogP contribution in [0.4, 0.5) is 0 Å². The van der Waals surface area contributed by atoms with Gasteiger partial charge in [-0.15, -0.1) is 0 Å². The average molecular weight is 414 g/mol. The second kappa shape index (κ2) is 6.11. The largest absolute Gasteiger partial charge is 0.494 e. The van der Waals surface area contributed by atoms with E-state index in [-0.39, 0.29) is 11.6 Å². The summed E-state index contributed by atoms with van der Waals surface area (Å²) in [6.07, 6.45) is 3.33. The molecule has 0 fully saturated rings. The summed E-state index contributed by atoms with van der Waals surface area (Å²) in [7, 11) is -3.70. The molecule has 24 heavy (non-hydrogen) atoms. The Morgan fingerprint density at radius 2 is 2.04 bits per heavy atom. The Morgan fingerprint density at radius 1 is 1.33 bits per heavy atom. The van der Waals surface area contributed by atoms with E-state index in [0.717, 1.165) is 46.0 Å². The fourth-order valence-electron chi connectivity index (χ4n) is 3.36. The van der Waals surface area contributed by atoms with Crippen molar-refractivity contribution in [3.63, 3.8) is 0 Å². The van der Waals surface area contributed by atoms with E-state index < -0.39 is 10.1 Å². The van der Waals surface area contributed by atoms with E-state index in [1.165, 1.54) is 0 Å². The maximum Gasteiger partial charge on any atom is 0.306 e. The van der Waals surface area contributed by atoms with Gasteiger partial charge in [0, 0.05) is 16.6 Å². The maximum absolute atomic E-state index is 11.8. The summed E-state index contributed by atoms with van der Waals surface area (Å²) >= 11 is 3.57. The molecule has 0 radical (unpaired) electrons. The molecule has 0 unspecified atom stereocenters. The lowest BCUT2D eigenvalue weighted by Crippen LogP contribution is -2.07. The third-order valence-corrected chi connectivity index (χ3v) is 5.37. The fraction of sp³-hybridized carbons (Fsp3) is 0.412. The van der Waals surface area contributed by atoms with E-state index in [2.05, 4.69) is 15.9 Å². The molecule has 0 saturated heterocycles. The quantitative estimate of drug-likeness (QED) is 0.774. The zero-order chi connectivity index (χ0) is 17.6. The Hall–Kier alpha value is -1.47. The van der Waals surface area contributed by atoms with Gasteiger partial charge in [0.25, 0.3) is 0 Å². The molecule has 2 heterocycles. The van der Waals surface area contributed by atoms with Crippen LogP contribution in [-0.2, 0) is 29.5 Å². The van der Waals surface area contributed by atoms with Gasteiger partial charge in [0.15, 0.2) is 5.75 Å². The molecule has 1 aliphatic heterocycles. The van der Waals surface area contributed by atoms with Gasteiger partial charge in [-0.2, -0.15) is 8.42 Å².